The number of carbonyl (C=O) groups is 3. The fourth-order valence-corrected chi connectivity index (χ4v) is 3.65. The van der Waals surface area contributed by atoms with Gasteiger partial charge in [0.25, 0.3) is 5.91 Å². The second kappa shape index (κ2) is 9.37. The van der Waals surface area contributed by atoms with E-state index in [2.05, 4.69) is 5.32 Å². The average Bonchev–Trinajstić information content (AvgIpc) is 3.23. The van der Waals surface area contributed by atoms with Crippen LogP contribution in [0.25, 0.3) is 0 Å². The number of Topliss-reactive ketones (excluding diaryl/α,β-unsaturated/α-hetero) is 1. The Balaban J connectivity index is 1.44. The number of rotatable bonds is 7. The molecule has 2 amide bonds. The van der Waals surface area contributed by atoms with Crippen LogP contribution in [0.1, 0.15) is 33.6 Å². The molecule has 5 nitrogen and oxygen atoms in total. The van der Waals surface area contributed by atoms with Gasteiger partial charge in [-0.05, 0) is 37.1 Å². The summed E-state index contributed by atoms with van der Waals surface area (Å²) < 4.78 is 0. The number of benzene rings is 2. The Bertz CT molecular complexity index is 800. The molecule has 1 fully saturated rings. The van der Waals surface area contributed by atoms with Crippen molar-refractivity contribution >= 4 is 35.0 Å². The molecule has 0 bridgehead atoms. The van der Waals surface area contributed by atoms with Crippen molar-refractivity contribution in [1.82, 2.24) is 4.90 Å². The highest BCUT2D eigenvalue weighted by atomic mass is 32.2. The van der Waals surface area contributed by atoms with Crippen molar-refractivity contribution in [3.05, 3.63) is 65.7 Å². The number of amides is 2. The summed E-state index contributed by atoms with van der Waals surface area (Å²) >= 11 is 1.29. The van der Waals surface area contributed by atoms with Crippen LogP contribution in [-0.2, 0) is 4.79 Å². The first-order valence-corrected chi connectivity index (χ1v) is 10.1. The van der Waals surface area contributed by atoms with Gasteiger partial charge < -0.3 is 10.2 Å². The zero-order chi connectivity index (χ0) is 19.1. The molecule has 3 rings (SSSR count). The van der Waals surface area contributed by atoms with Crippen molar-refractivity contribution in [2.24, 2.45) is 0 Å². The zero-order valence-corrected chi connectivity index (χ0v) is 15.8. The molecule has 27 heavy (non-hydrogen) atoms. The largest absolute Gasteiger partial charge is 0.339 e. The maximum Gasteiger partial charge on any atom is 0.253 e. The third-order valence-electron chi connectivity index (χ3n) is 4.37. The highest BCUT2D eigenvalue weighted by Gasteiger charge is 2.19. The molecule has 0 saturated carbocycles. The van der Waals surface area contributed by atoms with Crippen LogP contribution in [0.15, 0.2) is 54.6 Å². The van der Waals surface area contributed by atoms with E-state index in [0.29, 0.717) is 16.8 Å². The lowest BCUT2D eigenvalue weighted by Crippen LogP contribution is -2.27. The lowest BCUT2D eigenvalue weighted by Gasteiger charge is -2.15. The van der Waals surface area contributed by atoms with Crippen LogP contribution in [0.2, 0.25) is 0 Å². The predicted molar refractivity (Wildman–Crippen MR) is 108 cm³/mol. The summed E-state index contributed by atoms with van der Waals surface area (Å²) in [6.07, 6.45) is 2.12. The topological polar surface area (TPSA) is 66.5 Å². The molecule has 2 aromatic rings. The molecule has 0 radical (unpaired) electrons. The molecule has 6 heteroatoms. The van der Waals surface area contributed by atoms with Gasteiger partial charge in [0.1, 0.15) is 0 Å². The Morgan fingerprint density at radius 3 is 2.19 bits per heavy atom. The monoisotopic (exact) mass is 382 g/mol. The number of ketones is 1. The van der Waals surface area contributed by atoms with E-state index in [0.717, 1.165) is 25.9 Å². The van der Waals surface area contributed by atoms with E-state index in [1.54, 1.807) is 36.4 Å². The van der Waals surface area contributed by atoms with Gasteiger partial charge in [0.05, 0.1) is 11.5 Å². The average molecular weight is 382 g/mol. The molecule has 0 spiro atoms. The van der Waals surface area contributed by atoms with Crippen molar-refractivity contribution in [2.45, 2.75) is 12.8 Å². The Morgan fingerprint density at radius 2 is 1.52 bits per heavy atom. The van der Waals surface area contributed by atoms with Crippen molar-refractivity contribution in [1.29, 1.82) is 0 Å². The summed E-state index contributed by atoms with van der Waals surface area (Å²) in [6, 6.07) is 16.0. The molecule has 1 aliphatic rings. The van der Waals surface area contributed by atoms with E-state index in [4.69, 9.17) is 0 Å². The molecule has 1 N–H and O–H groups in total. The number of nitrogens with one attached hydrogen (secondary N) is 1. The van der Waals surface area contributed by atoms with Crippen LogP contribution >= 0.6 is 11.8 Å². The second-order valence-corrected chi connectivity index (χ2v) is 7.39. The van der Waals surface area contributed by atoms with Gasteiger partial charge in [-0.15, -0.1) is 11.8 Å². The van der Waals surface area contributed by atoms with Gasteiger partial charge in [-0.1, -0.05) is 30.3 Å². The molecule has 1 saturated heterocycles. The Hall–Kier alpha value is -2.60. The lowest BCUT2D eigenvalue weighted by molar-refractivity contribution is -0.113. The molecule has 0 aliphatic carbocycles. The normalized spacial score (nSPS) is 13.4. The van der Waals surface area contributed by atoms with Crippen LogP contribution in [0, 0.1) is 0 Å². The Kier molecular flexibility index (Phi) is 6.65. The smallest absolute Gasteiger partial charge is 0.253 e. The summed E-state index contributed by atoms with van der Waals surface area (Å²) in [5.41, 5.74) is 1.94. The van der Waals surface area contributed by atoms with Crippen molar-refractivity contribution < 1.29 is 14.4 Å². The van der Waals surface area contributed by atoms with E-state index in [1.807, 2.05) is 23.1 Å². The van der Waals surface area contributed by atoms with Gasteiger partial charge in [-0.25, -0.2) is 0 Å². The fraction of sp³-hybridized carbons (Fsp3) is 0.286. The number of nitrogens with zero attached hydrogens (tertiary/aromatic N) is 1. The highest BCUT2D eigenvalue weighted by Crippen LogP contribution is 2.16. The first-order chi connectivity index (χ1) is 13.1. The summed E-state index contributed by atoms with van der Waals surface area (Å²) in [4.78, 5) is 38.2. The van der Waals surface area contributed by atoms with Crippen LogP contribution in [-0.4, -0.2) is 47.1 Å². The summed E-state index contributed by atoms with van der Waals surface area (Å²) in [6.45, 7) is 1.63. The number of hydrogen-bond acceptors (Lipinski definition) is 4. The van der Waals surface area contributed by atoms with E-state index in [1.165, 1.54) is 11.8 Å². The zero-order valence-electron chi connectivity index (χ0n) is 15.0. The molecule has 1 aliphatic heterocycles. The minimum Gasteiger partial charge on any atom is -0.339 e. The number of carbonyl (C=O) groups excluding carboxylic acids is 3. The number of anilines is 1. The first-order valence-electron chi connectivity index (χ1n) is 8.98. The Morgan fingerprint density at radius 1 is 0.852 bits per heavy atom. The minimum atomic E-state index is -0.167. The van der Waals surface area contributed by atoms with Crippen LogP contribution < -0.4 is 5.32 Å². The maximum atomic E-state index is 12.3. The van der Waals surface area contributed by atoms with Crippen LogP contribution in [0.5, 0.6) is 0 Å². The number of likely N-dealkylation sites (tertiary alicyclic amines) is 1. The SMILES string of the molecule is O=C(CSCC(=O)c1ccccc1)Nc1ccc(C(=O)N2CCCC2)cc1. The summed E-state index contributed by atoms with van der Waals surface area (Å²) in [5, 5.41) is 2.80. The van der Waals surface area contributed by atoms with E-state index in [-0.39, 0.29) is 29.1 Å². The van der Waals surface area contributed by atoms with Gasteiger partial charge in [-0.2, -0.15) is 0 Å². The highest BCUT2D eigenvalue weighted by molar-refractivity contribution is 8.00. The van der Waals surface area contributed by atoms with Crippen LogP contribution in [0.3, 0.4) is 0 Å². The summed E-state index contributed by atoms with van der Waals surface area (Å²) in [7, 11) is 0. The molecule has 140 valence electrons. The quantitative estimate of drug-likeness (QED) is 0.745. The number of hydrogen-bond donors (Lipinski definition) is 1. The predicted octanol–water partition coefficient (Wildman–Crippen LogP) is 3.48. The third-order valence-corrected chi connectivity index (χ3v) is 5.30. The van der Waals surface area contributed by atoms with E-state index >= 15 is 0 Å². The second-order valence-electron chi connectivity index (χ2n) is 6.41. The molecule has 0 unspecified atom stereocenters. The number of thioether (sulfide) groups is 1. The molecular formula is C21H22N2O3S. The maximum absolute atomic E-state index is 12.3. The van der Waals surface area contributed by atoms with Crippen LogP contribution in [0.4, 0.5) is 5.69 Å². The third kappa shape index (κ3) is 5.44. The van der Waals surface area contributed by atoms with Gasteiger partial charge in [-0.3, -0.25) is 14.4 Å². The first kappa shape index (κ1) is 19.2. The van der Waals surface area contributed by atoms with Crippen molar-refractivity contribution in [2.75, 3.05) is 29.9 Å². The standard InChI is InChI=1S/C21H22N2O3S/c24-19(16-6-2-1-3-7-16)14-27-15-20(25)22-18-10-8-17(9-11-18)21(26)23-12-4-5-13-23/h1-3,6-11H,4-5,12-15H2,(H,22,25). The van der Waals surface area contributed by atoms with E-state index in [9.17, 15) is 14.4 Å². The Labute approximate surface area is 163 Å². The molecule has 0 aromatic heterocycles. The molecule has 0 atom stereocenters. The lowest BCUT2D eigenvalue weighted by atomic mass is 10.2. The van der Waals surface area contributed by atoms with E-state index < -0.39 is 0 Å². The molecular weight excluding hydrogens is 360 g/mol. The van der Waals surface area contributed by atoms with Crippen molar-refractivity contribution in [3.8, 4) is 0 Å². The fourth-order valence-electron chi connectivity index (χ4n) is 2.94. The molecule has 2 aromatic carbocycles. The van der Waals surface area contributed by atoms with Crippen molar-refractivity contribution in [3.63, 3.8) is 0 Å². The van der Waals surface area contributed by atoms with Gasteiger partial charge in [0.15, 0.2) is 5.78 Å². The molecule has 1 heterocycles. The van der Waals surface area contributed by atoms with Gasteiger partial charge in [0, 0.05) is 29.9 Å². The summed E-state index contributed by atoms with van der Waals surface area (Å²) in [5.74, 6) is 0.353. The van der Waals surface area contributed by atoms with Gasteiger partial charge >= 0.3 is 0 Å². The van der Waals surface area contributed by atoms with Gasteiger partial charge in [0.2, 0.25) is 5.91 Å². The minimum absolute atomic E-state index is 0.0122.